The number of anilines is 2. The van der Waals surface area contributed by atoms with Crippen LogP contribution in [0, 0.1) is 0 Å². The first-order chi connectivity index (χ1) is 16.5. The quantitative estimate of drug-likeness (QED) is 0.452. The molecule has 186 valence electrons. The van der Waals surface area contributed by atoms with E-state index in [-0.39, 0.29) is 43.4 Å². The molecule has 35 heavy (non-hydrogen) atoms. The zero-order valence-corrected chi connectivity index (χ0v) is 18.5. The van der Waals surface area contributed by atoms with Gasteiger partial charge in [-0.2, -0.15) is 26.3 Å². The summed E-state index contributed by atoms with van der Waals surface area (Å²) in [5, 5.41) is 0. The van der Waals surface area contributed by atoms with Crippen LogP contribution in [0.1, 0.15) is 23.6 Å². The van der Waals surface area contributed by atoms with E-state index in [0.717, 1.165) is 17.7 Å². The third kappa shape index (κ3) is 5.75. The first kappa shape index (κ1) is 24.6. The number of piperazine rings is 1. The molecule has 1 aliphatic rings. The van der Waals surface area contributed by atoms with E-state index in [0.29, 0.717) is 12.4 Å². The predicted molar refractivity (Wildman–Crippen MR) is 116 cm³/mol. The fraction of sp³-hybridized carbons (Fsp3) is 0.348. The van der Waals surface area contributed by atoms with Crippen LogP contribution < -0.4 is 14.5 Å². The average Bonchev–Trinajstić information content (AvgIpc) is 2.82. The highest BCUT2D eigenvalue weighted by Gasteiger charge is 2.38. The maximum atomic E-state index is 13.3. The molecule has 0 saturated carbocycles. The first-order valence-corrected chi connectivity index (χ1v) is 10.7. The minimum absolute atomic E-state index is 0.132. The molecule has 1 unspecified atom stereocenters. The van der Waals surface area contributed by atoms with Gasteiger partial charge in [-0.15, -0.1) is 0 Å². The zero-order valence-electron chi connectivity index (χ0n) is 18.5. The summed E-state index contributed by atoms with van der Waals surface area (Å²) in [4.78, 5) is 16.0. The van der Waals surface area contributed by atoms with Crippen molar-refractivity contribution in [1.82, 2.24) is 15.0 Å². The number of aromatic nitrogens is 3. The van der Waals surface area contributed by atoms with Crippen molar-refractivity contribution in [1.29, 1.82) is 0 Å². The van der Waals surface area contributed by atoms with Gasteiger partial charge in [-0.25, -0.2) is 9.97 Å². The van der Waals surface area contributed by atoms with Crippen molar-refractivity contribution in [3.8, 4) is 5.88 Å². The van der Waals surface area contributed by atoms with Crippen LogP contribution in [0.25, 0.3) is 0 Å². The number of hydrogen-bond donors (Lipinski definition) is 0. The molecular formula is C23H21F6N5O. The summed E-state index contributed by atoms with van der Waals surface area (Å²) < 4.78 is 85.5. The molecule has 0 radical (unpaired) electrons. The Kier molecular flexibility index (Phi) is 6.73. The normalized spacial score (nSPS) is 16.9. The van der Waals surface area contributed by atoms with Crippen molar-refractivity contribution < 1.29 is 31.1 Å². The van der Waals surface area contributed by atoms with Gasteiger partial charge in [-0.05, 0) is 42.8 Å². The van der Waals surface area contributed by atoms with E-state index < -0.39 is 23.5 Å². The molecule has 3 heterocycles. The molecule has 0 aliphatic carbocycles. The molecule has 3 aromatic rings. The highest BCUT2D eigenvalue weighted by atomic mass is 19.4. The van der Waals surface area contributed by atoms with Gasteiger partial charge in [0.2, 0.25) is 0 Å². The number of nitrogens with zero attached hydrogens (tertiary/aromatic N) is 5. The van der Waals surface area contributed by atoms with Crippen LogP contribution in [0.2, 0.25) is 0 Å². The summed E-state index contributed by atoms with van der Waals surface area (Å²) in [5.74, 6) is 0.733. The van der Waals surface area contributed by atoms with Crippen molar-refractivity contribution in [2.75, 3.05) is 29.4 Å². The summed E-state index contributed by atoms with van der Waals surface area (Å²) in [5.41, 5.74) is -1.93. The molecule has 6 nitrogen and oxygen atoms in total. The molecule has 0 spiro atoms. The molecule has 1 aliphatic heterocycles. The van der Waals surface area contributed by atoms with E-state index in [9.17, 15) is 26.3 Å². The number of ether oxygens (including phenoxy) is 1. The summed E-state index contributed by atoms with van der Waals surface area (Å²) in [7, 11) is 0. The second kappa shape index (κ2) is 9.59. The van der Waals surface area contributed by atoms with Crippen LogP contribution in [-0.2, 0) is 19.0 Å². The second-order valence-corrected chi connectivity index (χ2v) is 8.08. The predicted octanol–water partition coefficient (Wildman–Crippen LogP) is 5.20. The van der Waals surface area contributed by atoms with Crippen LogP contribution in [0.3, 0.4) is 0 Å². The van der Waals surface area contributed by atoms with E-state index in [1.807, 2.05) is 11.8 Å². The SMILES string of the molecule is CC1CN(c2cc(C(F)(F)F)cc(C(F)(F)F)c2)CCN1c1nccnc1OCc1ccncc1. The molecule has 1 aromatic carbocycles. The topological polar surface area (TPSA) is 54.4 Å². The van der Waals surface area contributed by atoms with Crippen LogP contribution >= 0.6 is 0 Å². The van der Waals surface area contributed by atoms with Crippen LogP contribution in [0.4, 0.5) is 37.8 Å². The Morgan fingerprint density at radius 1 is 0.886 bits per heavy atom. The van der Waals surface area contributed by atoms with Gasteiger partial charge < -0.3 is 14.5 Å². The van der Waals surface area contributed by atoms with Crippen molar-refractivity contribution in [3.63, 3.8) is 0 Å². The molecule has 1 fully saturated rings. The lowest BCUT2D eigenvalue weighted by Crippen LogP contribution is -2.52. The minimum atomic E-state index is -4.90. The number of rotatable bonds is 5. The van der Waals surface area contributed by atoms with Gasteiger partial charge in [-0.3, -0.25) is 4.98 Å². The third-order valence-corrected chi connectivity index (χ3v) is 5.61. The smallest absolute Gasteiger partial charge is 0.416 e. The molecule has 1 saturated heterocycles. The minimum Gasteiger partial charge on any atom is -0.470 e. The Balaban J connectivity index is 1.54. The Labute approximate surface area is 197 Å². The van der Waals surface area contributed by atoms with Gasteiger partial charge >= 0.3 is 12.4 Å². The zero-order chi connectivity index (χ0) is 25.2. The Bertz CT molecular complexity index is 1120. The highest BCUT2D eigenvalue weighted by Crippen LogP contribution is 2.39. The molecule has 4 rings (SSSR count). The Morgan fingerprint density at radius 3 is 2.11 bits per heavy atom. The van der Waals surface area contributed by atoms with Gasteiger partial charge in [0.15, 0.2) is 5.82 Å². The first-order valence-electron chi connectivity index (χ1n) is 10.7. The number of pyridine rings is 1. The largest absolute Gasteiger partial charge is 0.470 e. The average molecular weight is 497 g/mol. The lowest BCUT2D eigenvalue weighted by Gasteiger charge is -2.42. The number of alkyl halides is 6. The number of halogens is 6. The fourth-order valence-electron chi connectivity index (χ4n) is 3.88. The van der Waals surface area contributed by atoms with Gasteiger partial charge in [0, 0.05) is 56.2 Å². The summed E-state index contributed by atoms with van der Waals surface area (Å²) in [6, 6.07) is 4.93. The van der Waals surface area contributed by atoms with Crippen molar-refractivity contribution >= 4 is 11.5 Å². The molecule has 0 bridgehead atoms. The van der Waals surface area contributed by atoms with E-state index in [1.165, 1.54) is 17.3 Å². The van der Waals surface area contributed by atoms with Gasteiger partial charge in [0.1, 0.15) is 6.61 Å². The van der Waals surface area contributed by atoms with Crippen molar-refractivity contribution in [2.24, 2.45) is 0 Å². The van der Waals surface area contributed by atoms with Gasteiger partial charge in [0.25, 0.3) is 5.88 Å². The summed E-state index contributed by atoms with van der Waals surface area (Å²) in [6.45, 7) is 2.70. The molecule has 12 heteroatoms. The lowest BCUT2D eigenvalue weighted by molar-refractivity contribution is -0.143. The lowest BCUT2D eigenvalue weighted by atomic mass is 10.1. The molecule has 0 amide bonds. The maximum Gasteiger partial charge on any atom is 0.416 e. The van der Waals surface area contributed by atoms with Gasteiger partial charge in [-0.1, -0.05) is 0 Å². The van der Waals surface area contributed by atoms with Crippen LogP contribution in [-0.4, -0.2) is 40.6 Å². The molecular weight excluding hydrogens is 476 g/mol. The fourth-order valence-corrected chi connectivity index (χ4v) is 3.88. The molecule has 2 aromatic heterocycles. The van der Waals surface area contributed by atoms with E-state index >= 15 is 0 Å². The van der Waals surface area contributed by atoms with E-state index in [4.69, 9.17) is 4.74 Å². The number of benzene rings is 1. The molecule has 0 N–H and O–H groups in total. The molecule has 1 atom stereocenters. The third-order valence-electron chi connectivity index (χ3n) is 5.61. The monoisotopic (exact) mass is 497 g/mol. The summed E-state index contributed by atoms with van der Waals surface area (Å²) >= 11 is 0. The highest BCUT2D eigenvalue weighted by molar-refractivity contribution is 5.56. The number of hydrogen-bond acceptors (Lipinski definition) is 6. The van der Waals surface area contributed by atoms with Gasteiger partial charge in [0.05, 0.1) is 11.1 Å². The maximum absolute atomic E-state index is 13.3. The van der Waals surface area contributed by atoms with E-state index in [2.05, 4.69) is 15.0 Å². The second-order valence-electron chi connectivity index (χ2n) is 8.08. The Hall–Kier alpha value is -3.57. The Morgan fingerprint density at radius 2 is 1.51 bits per heavy atom. The summed E-state index contributed by atoms with van der Waals surface area (Å²) in [6.07, 6.45) is -3.55. The van der Waals surface area contributed by atoms with E-state index in [1.54, 1.807) is 24.5 Å². The standard InChI is InChI=1S/C23H21F6N5O/c1-15-13-33(19-11-17(22(24,25)26)10-18(12-19)23(27,28)29)8-9-34(15)20-21(32-7-6-31-20)35-14-16-2-4-30-5-3-16/h2-7,10-12,15H,8-9,13-14H2,1H3. The van der Waals surface area contributed by atoms with Crippen LogP contribution in [0.5, 0.6) is 5.88 Å². The van der Waals surface area contributed by atoms with Crippen molar-refractivity contribution in [2.45, 2.75) is 31.9 Å². The van der Waals surface area contributed by atoms with Crippen LogP contribution in [0.15, 0.2) is 55.1 Å². The van der Waals surface area contributed by atoms with Crippen molar-refractivity contribution in [3.05, 3.63) is 71.8 Å².